The molecule has 1 amide bonds. The van der Waals surface area contributed by atoms with E-state index in [4.69, 9.17) is 15.2 Å². The number of Topliss-reactive ketones (excluding diaryl/α,β-unsaturated/α-hetero) is 2. The fourth-order valence-electron chi connectivity index (χ4n) is 2.57. The van der Waals surface area contributed by atoms with Crippen molar-refractivity contribution in [2.45, 2.75) is 26.1 Å². The predicted molar refractivity (Wildman–Crippen MR) is 104 cm³/mol. The molecule has 8 heteroatoms. The number of benzene rings is 2. The normalized spacial score (nSPS) is 11.2. The minimum Gasteiger partial charge on any atom is -0.455 e. The van der Waals surface area contributed by atoms with Crippen LogP contribution >= 0.6 is 0 Å². The van der Waals surface area contributed by atoms with Gasteiger partial charge in [0, 0.05) is 18.8 Å². The van der Waals surface area contributed by atoms with Gasteiger partial charge in [0.25, 0.3) is 0 Å². The van der Waals surface area contributed by atoms with Crippen LogP contribution in [0.5, 0.6) is 0 Å². The molecule has 30 heavy (non-hydrogen) atoms. The standard InChI is InChI=1S/C22H21NO7/c23-19(25)12-17(20(26)22(28)30-14-16-9-5-2-6-10-16)11-18(24)21(27)29-13-15-7-3-1-4-8-15/h1-10,17H,11-14H2,(H2,23,25). The minimum absolute atomic E-state index is 0.126. The summed E-state index contributed by atoms with van der Waals surface area (Å²) in [4.78, 5) is 59.7. The van der Waals surface area contributed by atoms with Crippen LogP contribution in [-0.4, -0.2) is 29.4 Å². The number of esters is 2. The Morgan fingerprint density at radius 2 is 1.17 bits per heavy atom. The van der Waals surface area contributed by atoms with E-state index in [-0.39, 0.29) is 13.2 Å². The molecular formula is C22H21NO7. The van der Waals surface area contributed by atoms with E-state index in [2.05, 4.69) is 0 Å². The maximum atomic E-state index is 12.4. The Kier molecular flexibility index (Phi) is 8.43. The molecule has 0 fully saturated rings. The molecule has 2 aromatic carbocycles. The summed E-state index contributed by atoms with van der Waals surface area (Å²) in [6.45, 7) is -0.277. The van der Waals surface area contributed by atoms with Crippen LogP contribution in [0.25, 0.3) is 0 Å². The van der Waals surface area contributed by atoms with Gasteiger partial charge in [-0.05, 0) is 11.1 Å². The Labute approximate surface area is 173 Å². The third kappa shape index (κ3) is 7.31. The summed E-state index contributed by atoms with van der Waals surface area (Å²) in [6, 6.07) is 17.3. The molecule has 2 rings (SSSR count). The lowest BCUT2D eigenvalue weighted by molar-refractivity contribution is -0.159. The number of carbonyl (C=O) groups is 5. The van der Waals surface area contributed by atoms with E-state index in [1.54, 1.807) is 60.7 Å². The SMILES string of the molecule is NC(=O)CC(CC(=O)C(=O)OCc1ccccc1)C(=O)C(=O)OCc1ccccc1. The Morgan fingerprint density at radius 3 is 1.63 bits per heavy atom. The van der Waals surface area contributed by atoms with Crippen molar-refractivity contribution in [3.8, 4) is 0 Å². The summed E-state index contributed by atoms with van der Waals surface area (Å²) in [5.74, 6) is -6.82. The number of ketones is 2. The van der Waals surface area contributed by atoms with Crippen molar-refractivity contribution in [1.82, 2.24) is 0 Å². The van der Waals surface area contributed by atoms with Gasteiger partial charge < -0.3 is 15.2 Å². The summed E-state index contributed by atoms with van der Waals surface area (Å²) in [6.07, 6.45) is -1.26. The van der Waals surface area contributed by atoms with Gasteiger partial charge in [-0.2, -0.15) is 0 Å². The van der Waals surface area contributed by atoms with Crippen molar-refractivity contribution < 1.29 is 33.4 Å². The molecule has 0 aliphatic heterocycles. The molecule has 0 spiro atoms. The molecule has 1 unspecified atom stereocenters. The molecule has 0 saturated carbocycles. The predicted octanol–water partition coefficient (Wildman–Crippen LogP) is 1.49. The van der Waals surface area contributed by atoms with E-state index in [1.165, 1.54) is 0 Å². The zero-order valence-electron chi connectivity index (χ0n) is 16.1. The number of nitrogens with two attached hydrogens (primary N) is 1. The molecular weight excluding hydrogens is 390 g/mol. The first kappa shape index (κ1) is 22.5. The van der Waals surface area contributed by atoms with Crippen LogP contribution in [0.15, 0.2) is 60.7 Å². The number of carbonyl (C=O) groups excluding carboxylic acids is 5. The van der Waals surface area contributed by atoms with Gasteiger partial charge in [-0.15, -0.1) is 0 Å². The van der Waals surface area contributed by atoms with Gasteiger partial charge in [0.2, 0.25) is 17.5 Å². The highest BCUT2D eigenvalue weighted by Crippen LogP contribution is 2.14. The first-order chi connectivity index (χ1) is 14.4. The highest BCUT2D eigenvalue weighted by atomic mass is 16.5. The zero-order valence-corrected chi connectivity index (χ0v) is 16.1. The Morgan fingerprint density at radius 1 is 0.700 bits per heavy atom. The van der Waals surface area contributed by atoms with E-state index in [9.17, 15) is 24.0 Å². The Hall–Kier alpha value is -3.81. The van der Waals surface area contributed by atoms with Crippen molar-refractivity contribution in [2.75, 3.05) is 0 Å². The zero-order chi connectivity index (χ0) is 21.9. The Balaban J connectivity index is 1.93. The van der Waals surface area contributed by atoms with Crippen LogP contribution in [0.3, 0.4) is 0 Å². The lowest BCUT2D eigenvalue weighted by Crippen LogP contribution is -2.33. The molecule has 0 bridgehead atoms. The summed E-state index contributed by atoms with van der Waals surface area (Å²) in [5, 5.41) is 0. The topological polar surface area (TPSA) is 130 Å². The molecule has 0 aliphatic carbocycles. The third-order valence-corrected chi connectivity index (χ3v) is 4.10. The maximum Gasteiger partial charge on any atom is 0.375 e. The van der Waals surface area contributed by atoms with E-state index in [1.807, 2.05) is 0 Å². The summed E-state index contributed by atoms with van der Waals surface area (Å²) in [5.41, 5.74) is 6.44. The second-order valence-electron chi connectivity index (χ2n) is 6.48. The van der Waals surface area contributed by atoms with Crippen LogP contribution in [-0.2, 0) is 46.7 Å². The van der Waals surface area contributed by atoms with Crippen LogP contribution in [0.2, 0.25) is 0 Å². The minimum atomic E-state index is -1.40. The number of ether oxygens (including phenoxy) is 2. The van der Waals surface area contributed by atoms with Crippen molar-refractivity contribution in [1.29, 1.82) is 0 Å². The molecule has 0 heterocycles. The van der Waals surface area contributed by atoms with Crippen LogP contribution in [0.1, 0.15) is 24.0 Å². The lowest BCUT2D eigenvalue weighted by atomic mass is 9.93. The first-order valence-corrected chi connectivity index (χ1v) is 9.14. The highest BCUT2D eigenvalue weighted by molar-refractivity contribution is 6.38. The second kappa shape index (κ2) is 11.3. The quantitative estimate of drug-likeness (QED) is 0.438. The number of hydrogen-bond donors (Lipinski definition) is 1. The van der Waals surface area contributed by atoms with Gasteiger partial charge in [-0.25, -0.2) is 9.59 Å². The van der Waals surface area contributed by atoms with Crippen molar-refractivity contribution in [3.63, 3.8) is 0 Å². The van der Waals surface area contributed by atoms with E-state index < -0.39 is 48.2 Å². The summed E-state index contributed by atoms with van der Waals surface area (Å²) < 4.78 is 9.84. The maximum absolute atomic E-state index is 12.4. The van der Waals surface area contributed by atoms with Crippen LogP contribution < -0.4 is 5.73 Å². The average molecular weight is 411 g/mol. The molecule has 1 atom stereocenters. The molecule has 2 N–H and O–H groups in total. The van der Waals surface area contributed by atoms with Gasteiger partial charge in [0.15, 0.2) is 0 Å². The van der Waals surface area contributed by atoms with Crippen LogP contribution in [0.4, 0.5) is 0 Å². The van der Waals surface area contributed by atoms with Gasteiger partial charge in [0.1, 0.15) is 13.2 Å². The van der Waals surface area contributed by atoms with E-state index in [0.29, 0.717) is 11.1 Å². The number of hydrogen-bond acceptors (Lipinski definition) is 7. The third-order valence-electron chi connectivity index (χ3n) is 4.10. The fourth-order valence-corrected chi connectivity index (χ4v) is 2.57. The number of rotatable bonds is 11. The Bertz CT molecular complexity index is 910. The molecule has 2 aromatic rings. The average Bonchev–Trinajstić information content (AvgIpc) is 2.75. The summed E-state index contributed by atoms with van der Waals surface area (Å²) in [7, 11) is 0. The number of amides is 1. The first-order valence-electron chi connectivity index (χ1n) is 9.14. The molecule has 0 saturated heterocycles. The lowest BCUT2D eigenvalue weighted by Gasteiger charge is -2.13. The number of primary amides is 1. The molecule has 8 nitrogen and oxygen atoms in total. The van der Waals surface area contributed by atoms with Crippen LogP contribution in [0, 0.1) is 5.92 Å². The highest BCUT2D eigenvalue weighted by Gasteiger charge is 2.32. The van der Waals surface area contributed by atoms with Gasteiger partial charge in [-0.3, -0.25) is 14.4 Å². The molecule has 0 aliphatic rings. The van der Waals surface area contributed by atoms with Gasteiger partial charge in [0.05, 0.1) is 0 Å². The summed E-state index contributed by atoms with van der Waals surface area (Å²) >= 11 is 0. The fraction of sp³-hybridized carbons (Fsp3) is 0.227. The molecule has 0 radical (unpaired) electrons. The molecule has 0 aromatic heterocycles. The van der Waals surface area contributed by atoms with Crippen molar-refractivity contribution in [3.05, 3.63) is 71.8 Å². The molecule has 156 valence electrons. The van der Waals surface area contributed by atoms with Crippen molar-refractivity contribution in [2.24, 2.45) is 11.7 Å². The monoisotopic (exact) mass is 411 g/mol. The smallest absolute Gasteiger partial charge is 0.375 e. The van der Waals surface area contributed by atoms with Gasteiger partial charge in [-0.1, -0.05) is 60.7 Å². The van der Waals surface area contributed by atoms with E-state index >= 15 is 0 Å². The van der Waals surface area contributed by atoms with Crippen molar-refractivity contribution >= 4 is 29.4 Å². The second-order valence-corrected chi connectivity index (χ2v) is 6.48. The van der Waals surface area contributed by atoms with E-state index in [0.717, 1.165) is 0 Å². The van der Waals surface area contributed by atoms with Gasteiger partial charge >= 0.3 is 11.9 Å². The largest absolute Gasteiger partial charge is 0.455 e.